The molecule has 0 fully saturated rings. The summed E-state index contributed by atoms with van der Waals surface area (Å²) in [5.74, 6) is -2.76. The first-order chi connectivity index (χ1) is 14.7. The Kier molecular flexibility index (Phi) is 5.87. The van der Waals surface area contributed by atoms with Crippen molar-refractivity contribution in [1.82, 2.24) is 0 Å². The van der Waals surface area contributed by atoms with Crippen molar-refractivity contribution in [2.24, 2.45) is 0 Å². The molecule has 0 aromatic heterocycles. The van der Waals surface area contributed by atoms with E-state index in [1.165, 1.54) is 42.5 Å². The molecular formula is C20H12N2O9. The summed E-state index contributed by atoms with van der Waals surface area (Å²) in [4.78, 5) is 44.6. The van der Waals surface area contributed by atoms with E-state index in [-0.39, 0.29) is 34.0 Å². The molecular weight excluding hydrogens is 412 g/mol. The zero-order valence-corrected chi connectivity index (χ0v) is 15.5. The Balaban J connectivity index is 1.73. The van der Waals surface area contributed by atoms with Gasteiger partial charge < -0.3 is 14.6 Å². The fourth-order valence-electron chi connectivity index (χ4n) is 2.46. The van der Waals surface area contributed by atoms with Gasteiger partial charge in [-0.15, -0.1) is 0 Å². The number of nitrogens with zero attached hydrogens (tertiary/aromatic N) is 2. The second-order valence-electron chi connectivity index (χ2n) is 6.02. The summed E-state index contributed by atoms with van der Waals surface area (Å²) < 4.78 is 10.1. The summed E-state index contributed by atoms with van der Waals surface area (Å²) >= 11 is 0. The minimum atomic E-state index is -0.944. The van der Waals surface area contributed by atoms with Gasteiger partial charge >= 0.3 is 11.9 Å². The fraction of sp³-hybridized carbons (Fsp3) is 0. The first-order valence-corrected chi connectivity index (χ1v) is 8.51. The number of nitro benzene ring substituents is 2. The van der Waals surface area contributed by atoms with E-state index in [2.05, 4.69) is 0 Å². The fourth-order valence-corrected chi connectivity index (χ4v) is 2.46. The van der Waals surface area contributed by atoms with Crippen LogP contribution in [0.25, 0.3) is 0 Å². The van der Waals surface area contributed by atoms with Gasteiger partial charge in [-0.2, -0.15) is 0 Å². The van der Waals surface area contributed by atoms with E-state index in [1.54, 1.807) is 0 Å². The predicted molar refractivity (Wildman–Crippen MR) is 104 cm³/mol. The molecule has 31 heavy (non-hydrogen) atoms. The Morgan fingerprint density at radius 3 is 1.74 bits per heavy atom. The number of carbonyl (C=O) groups excluding carboxylic acids is 2. The minimum absolute atomic E-state index is 0.0742. The molecule has 0 radical (unpaired) electrons. The third-order valence-corrected chi connectivity index (χ3v) is 3.93. The van der Waals surface area contributed by atoms with Crippen molar-refractivity contribution in [2.75, 3.05) is 0 Å². The number of aromatic hydroxyl groups is 1. The van der Waals surface area contributed by atoms with E-state index in [1.807, 2.05) is 0 Å². The molecule has 0 saturated heterocycles. The normalized spacial score (nSPS) is 10.2. The van der Waals surface area contributed by atoms with E-state index >= 15 is 0 Å². The number of hydrogen-bond acceptors (Lipinski definition) is 9. The van der Waals surface area contributed by atoms with Crippen LogP contribution in [0.5, 0.6) is 17.2 Å². The highest BCUT2D eigenvalue weighted by molar-refractivity contribution is 5.93. The average Bonchev–Trinajstić information content (AvgIpc) is 2.75. The molecule has 0 aliphatic rings. The maximum absolute atomic E-state index is 12.2. The first-order valence-electron chi connectivity index (χ1n) is 8.51. The topological polar surface area (TPSA) is 159 Å². The number of ether oxygens (including phenoxy) is 2. The van der Waals surface area contributed by atoms with Crippen LogP contribution in [0.2, 0.25) is 0 Å². The highest BCUT2D eigenvalue weighted by atomic mass is 16.6. The zero-order valence-electron chi connectivity index (χ0n) is 15.5. The first kappa shape index (κ1) is 20.9. The molecule has 11 heteroatoms. The molecule has 0 spiro atoms. The van der Waals surface area contributed by atoms with E-state index in [0.29, 0.717) is 0 Å². The van der Waals surface area contributed by atoms with Gasteiger partial charge in [-0.3, -0.25) is 20.2 Å². The molecule has 0 unspecified atom stereocenters. The third-order valence-electron chi connectivity index (χ3n) is 3.93. The smallest absolute Gasteiger partial charge is 0.343 e. The van der Waals surface area contributed by atoms with Crippen LogP contribution in [0.1, 0.15) is 20.7 Å². The standard InChI is InChI=1S/C20H12N2O9/c23-17-11-16(30-19(24)12-3-1-5-14(9-12)21(26)27)7-8-18(17)31-20(25)13-4-2-6-15(10-13)22(28)29/h1-11,23H. The molecule has 3 rings (SSSR count). The Morgan fingerprint density at radius 1 is 0.742 bits per heavy atom. The van der Waals surface area contributed by atoms with Gasteiger partial charge in [0.05, 0.1) is 21.0 Å². The molecule has 3 aromatic carbocycles. The van der Waals surface area contributed by atoms with Crippen LogP contribution < -0.4 is 9.47 Å². The van der Waals surface area contributed by atoms with Crippen LogP contribution in [-0.2, 0) is 0 Å². The van der Waals surface area contributed by atoms with Crippen LogP contribution in [0.15, 0.2) is 66.7 Å². The predicted octanol–water partition coefficient (Wildman–Crippen LogP) is 3.65. The van der Waals surface area contributed by atoms with E-state index in [9.17, 15) is 34.9 Å². The van der Waals surface area contributed by atoms with E-state index in [0.717, 1.165) is 24.3 Å². The van der Waals surface area contributed by atoms with E-state index < -0.39 is 27.5 Å². The SMILES string of the molecule is O=C(Oc1ccc(OC(=O)c2cccc([N+](=O)[O-])c2)c(O)c1)c1cccc([N+](=O)[O-])c1. The number of phenolic OH excluding ortho intramolecular Hbond substituents is 1. The third kappa shape index (κ3) is 4.98. The number of nitro groups is 2. The molecule has 0 aliphatic heterocycles. The monoisotopic (exact) mass is 424 g/mol. The van der Waals surface area contributed by atoms with Gasteiger partial charge in [0.2, 0.25) is 0 Å². The summed E-state index contributed by atoms with van der Waals surface area (Å²) in [5.41, 5.74) is -0.771. The summed E-state index contributed by atoms with van der Waals surface area (Å²) in [6, 6.07) is 13.1. The Bertz CT molecular complexity index is 1210. The minimum Gasteiger partial charge on any atom is -0.504 e. The van der Waals surface area contributed by atoms with Crippen molar-refractivity contribution in [3.8, 4) is 17.2 Å². The van der Waals surface area contributed by atoms with Crippen molar-refractivity contribution < 1.29 is 34.0 Å². The molecule has 0 saturated carbocycles. The Labute approximate surface area is 173 Å². The lowest BCUT2D eigenvalue weighted by Gasteiger charge is -2.09. The van der Waals surface area contributed by atoms with Gasteiger partial charge in [0, 0.05) is 30.3 Å². The van der Waals surface area contributed by atoms with Gasteiger partial charge in [-0.05, 0) is 24.3 Å². The quantitative estimate of drug-likeness (QED) is 0.270. The molecule has 11 nitrogen and oxygen atoms in total. The van der Waals surface area contributed by atoms with Crippen LogP contribution in [0.3, 0.4) is 0 Å². The molecule has 0 amide bonds. The number of hydrogen-bond donors (Lipinski definition) is 1. The van der Waals surface area contributed by atoms with Crippen molar-refractivity contribution in [1.29, 1.82) is 0 Å². The van der Waals surface area contributed by atoms with Crippen LogP contribution in [0.4, 0.5) is 11.4 Å². The maximum atomic E-state index is 12.2. The summed E-state index contributed by atoms with van der Waals surface area (Å²) in [5, 5.41) is 31.7. The van der Waals surface area contributed by atoms with Crippen LogP contribution in [0, 0.1) is 20.2 Å². The molecule has 3 aromatic rings. The highest BCUT2D eigenvalue weighted by Gasteiger charge is 2.17. The number of rotatable bonds is 6. The number of carbonyl (C=O) groups is 2. The van der Waals surface area contributed by atoms with Gasteiger partial charge in [-0.25, -0.2) is 9.59 Å². The van der Waals surface area contributed by atoms with E-state index in [4.69, 9.17) is 9.47 Å². The lowest BCUT2D eigenvalue weighted by atomic mass is 10.2. The van der Waals surface area contributed by atoms with Crippen molar-refractivity contribution in [3.63, 3.8) is 0 Å². The molecule has 0 bridgehead atoms. The van der Waals surface area contributed by atoms with Gasteiger partial charge in [-0.1, -0.05) is 12.1 Å². The number of benzene rings is 3. The number of esters is 2. The summed E-state index contributed by atoms with van der Waals surface area (Å²) in [7, 11) is 0. The molecule has 0 aliphatic carbocycles. The Hall–Kier alpha value is -4.80. The molecule has 0 atom stereocenters. The Morgan fingerprint density at radius 2 is 1.26 bits per heavy atom. The molecule has 0 heterocycles. The van der Waals surface area contributed by atoms with Crippen molar-refractivity contribution in [3.05, 3.63) is 98.1 Å². The van der Waals surface area contributed by atoms with Crippen LogP contribution in [-0.4, -0.2) is 26.9 Å². The maximum Gasteiger partial charge on any atom is 0.343 e. The highest BCUT2D eigenvalue weighted by Crippen LogP contribution is 2.31. The largest absolute Gasteiger partial charge is 0.504 e. The lowest BCUT2D eigenvalue weighted by Crippen LogP contribution is -2.10. The number of phenols is 1. The van der Waals surface area contributed by atoms with Gasteiger partial charge in [0.25, 0.3) is 11.4 Å². The second-order valence-corrected chi connectivity index (χ2v) is 6.02. The second kappa shape index (κ2) is 8.69. The molecule has 156 valence electrons. The van der Waals surface area contributed by atoms with Gasteiger partial charge in [0.1, 0.15) is 5.75 Å². The summed E-state index contributed by atoms with van der Waals surface area (Å²) in [6.45, 7) is 0. The number of non-ortho nitro benzene ring substituents is 2. The average molecular weight is 424 g/mol. The zero-order chi connectivity index (χ0) is 22.5. The summed E-state index contributed by atoms with van der Waals surface area (Å²) in [6.07, 6.45) is 0. The van der Waals surface area contributed by atoms with Gasteiger partial charge in [0.15, 0.2) is 11.5 Å². The molecule has 1 N–H and O–H groups in total. The van der Waals surface area contributed by atoms with Crippen molar-refractivity contribution in [2.45, 2.75) is 0 Å². The van der Waals surface area contributed by atoms with Crippen LogP contribution >= 0.6 is 0 Å². The lowest BCUT2D eigenvalue weighted by molar-refractivity contribution is -0.385. The van der Waals surface area contributed by atoms with Crippen molar-refractivity contribution >= 4 is 23.3 Å².